The lowest BCUT2D eigenvalue weighted by Crippen LogP contribution is -2.30. The molecule has 1 heterocycles. The molecule has 0 radical (unpaired) electrons. The van der Waals surface area contributed by atoms with Crippen molar-refractivity contribution in [3.63, 3.8) is 0 Å². The van der Waals surface area contributed by atoms with Gasteiger partial charge in [0.15, 0.2) is 0 Å². The lowest BCUT2D eigenvalue weighted by atomic mass is 10.1. The number of H-pyrrole nitrogens is 2. The molecule has 3 aromatic rings. The lowest BCUT2D eigenvalue weighted by molar-refractivity contribution is 0.102. The third-order valence-electron chi connectivity index (χ3n) is 4.57. The summed E-state index contributed by atoms with van der Waals surface area (Å²) in [7, 11) is -3.66. The van der Waals surface area contributed by atoms with Crippen molar-refractivity contribution in [1.29, 1.82) is 0 Å². The van der Waals surface area contributed by atoms with Crippen molar-refractivity contribution in [3.8, 4) is 0 Å². The molecule has 3 rings (SSSR count). The summed E-state index contributed by atoms with van der Waals surface area (Å²) in [5, 5.41) is 2.75. The zero-order chi connectivity index (χ0) is 20.5. The van der Waals surface area contributed by atoms with Crippen molar-refractivity contribution in [3.05, 3.63) is 58.0 Å². The van der Waals surface area contributed by atoms with E-state index in [0.717, 1.165) is 0 Å². The predicted molar refractivity (Wildman–Crippen MR) is 108 cm³/mol. The van der Waals surface area contributed by atoms with Gasteiger partial charge < -0.3 is 15.3 Å². The van der Waals surface area contributed by atoms with Gasteiger partial charge in [-0.2, -0.15) is 4.31 Å². The summed E-state index contributed by atoms with van der Waals surface area (Å²) in [6, 6.07) is 9.51. The second-order valence-corrected chi connectivity index (χ2v) is 8.30. The van der Waals surface area contributed by atoms with Gasteiger partial charge in [0.25, 0.3) is 5.91 Å². The number of nitrogens with one attached hydrogen (secondary N) is 3. The molecule has 3 N–H and O–H groups in total. The fourth-order valence-corrected chi connectivity index (χ4v) is 4.51. The van der Waals surface area contributed by atoms with Crippen molar-refractivity contribution in [2.24, 2.45) is 0 Å². The number of imidazole rings is 1. The minimum absolute atomic E-state index is 0.0809. The summed E-state index contributed by atoms with van der Waals surface area (Å²) < 4.78 is 26.8. The number of carbonyl (C=O) groups excluding carboxylic acids is 1. The fourth-order valence-electron chi connectivity index (χ4n) is 3.03. The maximum Gasteiger partial charge on any atom is 0.323 e. The zero-order valence-corrected chi connectivity index (χ0v) is 16.7. The molecule has 0 saturated heterocycles. The van der Waals surface area contributed by atoms with Crippen molar-refractivity contribution in [1.82, 2.24) is 14.3 Å². The highest BCUT2D eigenvalue weighted by Crippen LogP contribution is 2.21. The number of rotatable bonds is 6. The monoisotopic (exact) mass is 402 g/mol. The molecule has 0 aliphatic carbocycles. The number of benzene rings is 2. The molecule has 8 nitrogen and oxygen atoms in total. The molecular weight excluding hydrogens is 380 g/mol. The standard InChI is InChI=1S/C19H22N4O4S/c1-4-23(5-2)28(26,27)14-8-6-12(3)15(11-14)18(24)20-13-7-9-16-17(10-13)22-19(25)21-16/h6-11H,4-5H2,1-3H3,(H,20,24)(H2,21,22,25). The zero-order valence-electron chi connectivity index (χ0n) is 15.9. The molecule has 0 saturated carbocycles. The lowest BCUT2D eigenvalue weighted by Gasteiger charge is -2.19. The number of sulfonamides is 1. The summed E-state index contributed by atoms with van der Waals surface area (Å²) in [6.45, 7) is 5.98. The smallest absolute Gasteiger partial charge is 0.322 e. The average Bonchev–Trinajstić information content (AvgIpc) is 3.01. The van der Waals surface area contributed by atoms with Crippen molar-refractivity contribution < 1.29 is 13.2 Å². The average molecular weight is 402 g/mol. The Kier molecular flexibility index (Phi) is 5.39. The number of hydrogen-bond acceptors (Lipinski definition) is 4. The number of aromatic nitrogens is 2. The Bertz CT molecular complexity index is 1190. The van der Waals surface area contributed by atoms with Gasteiger partial charge in [-0.05, 0) is 42.8 Å². The molecule has 1 amide bonds. The number of aromatic amines is 2. The van der Waals surface area contributed by atoms with Crippen molar-refractivity contribution in [2.75, 3.05) is 18.4 Å². The van der Waals surface area contributed by atoms with Crippen LogP contribution < -0.4 is 11.0 Å². The summed E-state index contributed by atoms with van der Waals surface area (Å²) in [5.41, 5.74) is 2.29. The van der Waals surface area contributed by atoms with Gasteiger partial charge >= 0.3 is 5.69 Å². The summed E-state index contributed by atoms with van der Waals surface area (Å²) in [5.74, 6) is -0.425. The Morgan fingerprint density at radius 2 is 1.71 bits per heavy atom. The number of aryl methyl sites for hydroxylation is 1. The predicted octanol–water partition coefficient (Wildman–Crippen LogP) is 2.45. The van der Waals surface area contributed by atoms with E-state index in [1.807, 2.05) is 0 Å². The van der Waals surface area contributed by atoms with Gasteiger partial charge in [0, 0.05) is 24.3 Å². The highest BCUT2D eigenvalue weighted by atomic mass is 32.2. The summed E-state index contributed by atoms with van der Waals surface area (Å²) >= 11 is 0. The molecule has 2 aromatic carbocycles. The van der Waals surface area contributed by atoms with E-state index in [2.05, 4.69) is 15.3 Å². The first-order valence-corrected chi connectivity index (χ1v) is 10.3. The number of carbonyl (C=O) groups is 1. The fraction of sp³-hybridized carbons (Fsp3) is 0.263. The van der Waals surface area contributed by atoms with Gasteiger partial charge in [-0.15, -0.1) is 0 Å². The molecule has 0 aliphatic rings. The second kappa shape index (κ2) is 7.61. The van der Waals surface area contributed by atoms with E-state index in [1.54, 1.807) is 45.0 Å². The molecule has 0 spiro atoms. The Morgan fingerprint density at radius 3 is 2.39 bits per heavy atom. The maximum atomic E-state index is 12.8. The minimum Gasteiger partial charge on any atom is -0.322 e. The topological polar surface area (TPSA) is 115 Å². The van der Waals surface area contributed by atoms with Crippen LogP contribution in [0.25, 0.3) is 11.0 Å². The summed E-state index contributed by atoms with van der Waals surface area (Å²) in [6.07, 6.45) is 0. The number of fused-ring (bicyclic) bond motifs is 1. The molecular formula is C19H22N4O4S. The summed E-state index contributed by atoms with van der Waals surface area (Å²) in [4.78, 5) is 29.5. The quantitative estimate of drug-likeness (QED) is 0.587. The van der Waals surface area contributed by atoms with Crippen LogP contribution in [0.1, 0.15) is 29.8 Å². The molecule has 9 heteroatoms. The van der Waals surface area contributed by atoms with Crippen LogP contribution >= 0.6 is 0 Å². The highest BCUT2D eigenvalue weighted by molar-refractivity contribution is 7.89. The SMILES string of the molecule is CCN(CC)S(=O)(=O)c1ccc(C)c(C(=O)Nc2ccc3[nH]c(=O)[nH]c3c2)c1. The normalized spacial score (nSPS) is 11.9. The first kappa shape index (κ1) is 19.8. The first-order chi connectivity index (χ1) is 13.3. The van der Waals surface area contributed by atoms with Gasteiger partial charge in [-0.3, -0.25) is 4.79 Å². The molecule has 0 atom stereocenters. The van der Waals surface area contributed by atoms with E-state index < -0.39 is 15.9 Å². The number of nitrogens with zero attached hydrogens (tertiary/aromatic N) is 1. The van der Waals surface area contributed by atoms with Crippen LogP contribution in [0.5, 0.6) is 0 Å². The molecule has 148 valence electrons. The Labute approximate surface area is 162 Å². The minimum atomic E-state index is -3.66. The maximum absolute atomic E-state index is 12.8. The first-order valence-electron chi connectivity index (χ1n) is 8.90. The molecule has 0 aliphatic heterocycles. The van der Waals surface area contributed by atoms with Crippen LogP contribution in [0.15, 0.2) is 46.1 Å². The van der Waals surface area contributed by atoms with E-state index >= 15 is 0 Å². The highest BCUT2D eigenvalue weighted by Gasteiger charge is 2.23. The molecule has 0 fully saturated rings. The van der Waals surface area contributed by atoms with Crippen LogP contribution in [0, 0.1) is 6.92 Å². The number of amides is 1. The van der Waals surface area contributed by atoms with Gasteiger partial charge in [-0.1, -0.05) is 19.9 Å². The van der Waals surface area contributed by atoms with E-state index in [1.165, 1.54) is 16.4 Å². The van der Waals surface area contributed by atoms with Crippen LogP contribution in [0.2, 0.25) is 0 Å². The van der Waals surface area contributed by atoms with Crippen LogP contribution in [-0.4, -0.2) is 41.7 Å². The van der Waals surface area contributed by atoms with Crippen molar-refractivity contribution in [2.45, 2.75) is 25.7 Å². The van der Waals surface area contributed by atoms with Crippen molar-refractivity contribution >= 4 is 32.7 Å². The Morgan fingerprint density at radius 1 is 1.04 bits per heavy atom. The Balaban J connectivity index is 1.93. The van der Waals surface area contributed by atoms with Gasteiger partial charge in [0.2, 0.25) is 10.0 Å². The third kappa shape index (κ3) is 3.71. The van der Waals surface area contributed by atoms with Crippen LogP contribution in [0.4, 0.5) is 5.69 Å². The molecule has 1 aromatic heterocycles. The van der Waals surface area contributed by atoms with Gasteiger partial charge in [-0.25, -0.2) is 13.2 Å². The Hall–Kier alpha value is -2.91. The number of anilines is 1. The van der Waals surface area contributed by atoms with E-state index in [0.29, 0.717) is 35.4 Å². The molecule has 0 bridgehead atoms. The number of hydrogen-bond donors (Lipinski definition) is 3. The molecule has 28 heavy (non-hydrogen) atoms. The van der Waals surface area contributed by atoms with Gasteiger partial charge in [0.05, 0.1) is 15.9 Å². The largest absolute Gasteiger partial charge is 0.323 e. The van der Waals surface area contributed by atoms with E-state index in [4.69, 9.17) is 0 Å². The van der Waals surface area contributed by atoms with E-state index in [-0.39, 0.29) is 16.1 Å². The second-order valence-electron chi connectivity index (χ2n) is 6.36. The molecule has 0 unspecified atom stereocenters. The van der Waals surface area contributed by atoms with Crippen LogP contribution in [-0.2, 0) is 10.0 Å². The van der Waals surface area contributed by atoms with Gasteiger partial charge in [0.1, 0.15) is 0 Å². The third-order valence-corrected chi connectivity index (χ3v) is 6.62. The van der Waals surface area contributed by atoms with E-state index in [9.17, 15) is 18.0 Å². The van der Waals surface area contributed by atoms with Crippen LogP contribution in [0.3, 0.4) is 0 Å².